The molecular formula is C19H17NO5. The zero-order valence-corrected chi connectivity index (χ0v) is 13.9. The average Bonchev–Trinajstić information content (AvgIpc) is 3.15. The first-order valence-corrected chi connectivity index (χ1v) is 7.61. The van der Waals surface area contributed by atoms with E-state index >= 15 is 0 Å². The van der Waals surface area contributed by atoms with Gasteiger partial charge in [0, 0.05) is 11.6 Å². The molecule has 0 spiro atoms. The Labute approximate surface area is 144 Å². The van der Waals surface area contributed by atoms with Gasteiger partial charge in [-0.3, -0.25) is 0 Å². The molecule has 6 nitrogen and oxygen atoms in total. The molecule has 0 atom stereocenters. The Morgan fingerprint density at radius 1 is 1.00 bits per heavy atom. The normalized spacial score (nSPS) is 10.3. The highest BCUT2D eigenvalue weighted by molar-refractivity contribution is 5.89. The fraction of sp³-hybridized carbons (Fsp3) is 0.158. The van der Waals surface area contributed by atoms with Crippen LogP contribution in [0.1, 0.15) is 16.1 Å². The summed E-state index contributed by atoms with van der Waals surface area (Å²) in [4.78, 5) is 12.1. The van der Waals surface area contributed by atoms with E-state index in [1.54, 1.807) is 44.6 Å². The van der Waals surface area contributed by atoms with Crippen LogP contribution in [0.25, 0.3) is 11.3 Å². The van der Waals surface area contributed by atoms with Crippen molar-refractivity contribution in [1.82, 2.24) is 5.16 Å². The number of rotatable bonds is 6. The molecule has 3 aromatic rings. The number of carbonyl (C=O) groups excluding carboxylic acids is 1. The minimum absolute atomic E-state index is 0.0235. The Bertz CT molecular complexity index is 854. The van der Waals surface area contributed by atoms with Gasteiger partial charge in [0.1, 0.15) is 23.8 Å². The molecule has 0 fully saturated rings. The van der Waals surface area contributed by atoms with Gasteiger partial charge in [-0.25, -0.2) is 4.79 Å². The van der Waals surface area contributed by atoms with Crippen molar-refractivity contribution in [3.8, 4) is 22.8 Å². The standard InChI is InChI=1S/C19H17NO5/c1-22-16-8-6-13(7-9-16)18-11-15(20-25-18)12-24-19(21)14-4-3-5-17(10-14)23-2/h3-11H,12H2,1-2H3. The molecular weight excluding hydrogens is 322 g/mol. The highest BCUT2D eigenvalue weighted by Gasteiger charge is 2.12. The second-order valence-corrected chi connectivity index (χ2v) is 5.22. The van der Waals surface area contributed by atoms with Crippen molar-refractivity contribution >= 4 is 5.97 Å². The molecule has 0 aliphatic heterocycles. The van der Waals surface area contributed by atoms with Crippen LogP contribution in [0.5, 0.6) is 11.5 Å². The van der Waals surface area contributed by atoms with E-state index < -0.39 is 5.97 Å². The van der Waals surface area contributed by atoms with Crippen molar-refractivity contribution in [2.24, 2.45) is 0 Å². The lowest BCUT2D eigenvalue weighted by atomic mass is 10.1. The van der Waals surface area contributed by atoms with Crippen LogP contribution in [0, 0.1) is 0 Å². The Kier molecular flexibility index (Phi) is 4.99. The molecule has 0 aliphatic carbocycles. The number of esters is 1. The quantitative estimate of drug-likeness (QED) is 0.638. The summed E-state index contributed by atoms with van der Waals surface area (Å²) in [7, 11) is 3.15. The van der Waals surface area contributed by atoms with E-state index in [0.29, 0.717) is 22.8 Å². The van der Waals surface area contributed by atoms with Gasteiger partial charge in [0.25, 0.3) is 0 Å². The van der Waals surface area contributed by atoms with Gasteiger partial charge in [-0.2, -0.15) is 0 Å². The van der Waals surface area contributed by atoms with Gasteiger partial charge in [0.05, 0.1) is 19.8 Å². The summed E-state index contributed by atoms with van der Waals surface area (Å²) in [6.45, 7) is 0.0235. The zero-order valence-electron chi connectivity index (χ0n) is 13.9. The van der Waals surface area contributed by atoms with Gasteiger partial charge in [0.15, 0.2) is 5.76 Å². The number of benzene rings is 2. The molecule has 0 saturated heterocycles. The maximum atomic E-state index is 12.1. The molecule has 0 aliphatic rings. The van der Waals surface area contributed by atoms with E-state index in [2.05, 4.69) is 5.16 Å². The topological polar surface area (TPSA) is 70.8 Å². The van der Waals surface area contributed by atoms with E-state index in [-0.39, 0.29) is 6.61 Å². The van der Waals surface area contributed by atoms with Crippen molar-refractivity contribution in [3.05, 3.63) is 65.9 Å². The second-order valence-electron chi connectivity index (χ2n) is 5.22. The largest absolute Gasteiger partial charge is 0.497 e. The van der Waals surface area contributed by atoms with Crippen LogP contribution in [-0.4, -0.2) is 25.3 Å². The third kappa shape index (κ3) is 3.98. The monoisotopic (exact) mass is 339 g/mol. The summed E-state index contributed by atoms with van der Waals surface area (Å²) in [6, 6.07) is 15.9. The fourth-order valence-corrected chi connectivity index (χ4v) is 2.24. The van der Waals surface area contributed by atoms with Crippen LogP contribution in [0.4, 0.5) is 0 Å². The van der Waals surface area contributed by atoms with Gasteiger partial charge < -0.3 is 18.7 Å². The second kappa shape index (κ2) is 7.53. The molecule has 1 heterocycles. The summed E-state index contributed by atoms with van der Waals surface area (Å²) in [5, 5.41) is 3.93. The van der Waals surface area contributed by atoms with Crippen LogP contribution in [-0.2, 0) is 11.3 Å². The summed E-state index contributed by atoms with van der Waals surface area (Å²) < 4.78 is 20.8. The van der Waals surface area contributed by atoms with Crippen LogP contribution in [0.2, 0.25) is 0 Å². The number of methoxy groups -OCH3 is 2. The summed E-state index contributed by atoms with van der Waals surface area (Å²) >= 11 is 0. The zero-order chi connectivity index (χ0) is 17.6. The van der Waals surface area contributed by atoms with Gasteiger partial charge in [-0.15, -0.1) is 0 Å². The van der Waals surface area contributed by atoms with E-state index in [1.165, 1.54) is 0 Å². The molecule has 6 heteroatoms. The van der Waals surface area contributed by atoms with Crippen molar-refractivity contribution in [2.45, 2.75) is 6.61 Å². The van der Waals surface area contributed by atoms with E-state index in [1.807, 2.05) is 24.3 Å². The van der Waals surface area contributed by atoms with Crippen LogP contribution >= 0.6 is 0 Å². The summed E-state index contributed by atoms with van der Waals surface area (Å²) in [6.07, 6.45) is 0. The third-order valence-corrected chi connectivity index (χ3v) is 3.59. The van der Waals surface area contributed by atoms with E-state index in [4.69, 9.17) is 18.7 Å². The van der Waals surface area contributed by atoms with E-state index in [9.17, 15) is 4.79 Å². The molecule has 2 aromatic carbocycles. The lowest BCUT2D eigenvalue weighted by Crippen LogP contribution is -2.05. The number of aromatic nitrogens is 1. The first-order valence-electron chi connectivity index (χ1n) is 7.61. The average molecular weight is 339 g/mol. The lowest BCUT2D eigenvalue weighted by molar-refractivity contribution is 0.0464. The molecule has 128 valence electrons. The van der Waals surface area contributed by atoms with Crippen molar-refractivity contribution in [1.29, 1.82) is 0 Å². The maximum absolute atomic E-state index is 12.1. The highest BCUT2D eigenvalue weighted by Crippen LogP contribution is 2.23. The predicted molar refractivity (Wildman–Crippen MR) is 90.6 cm³/mol. The summed E-state index contributed by atoms with van der Waals surface area (Å²) in [5.41, 5.74) is 1.80. The van der Waals surface area contributed by atoms with Gasteiger partial charge in [-0.1, -0.05) is 11.2 Å². The molecule has 1 aromatic heterocycles. The molecule has 0 unspecified atom stereocenters. The van der Waals surface area contributed by atoms with Crippen molar-refractivity contribution in [3.63, 3.8) is 0 Å². The number of hydrogen-bond acceptors (Lipinski definition) is 6. The van der Waals surface area contributed by atoms with Gasteiger partial charge in [-0.05, 0) is 42.5 Å². The number of hydrogen-bond donors (Lipinski definition) is 0. The van der Waals surface area contributed by atoms with Crippen molar-refractivity contribution in [2.75, 3.05) is 14.2 Å². The first kappa shape index (κ1) is 16.6. The lowest BCUT2D eigenvalue weighted by Gasteiger charge is -2.04. The molecule has 25 heavy (non-hydrogen) atoms. The van der Waals surface area contributed by atoms with Gasteiger partial charge in [0.2, 0.25) is 0 Å². The van der Waals surface area contributed by atoms with Crippen LogP contribution in [0.3, 0.4) is 0 Å². The van der Waals surface area contributed by atoms with Gasteiger partial charge >= 0.3 is 5.97 Å². The molecule has 0 amide bonds. The molecule has 0 saturated carbocycles. The first-order chi connectivity index (χ1) is 12.2. The fourth-order valence-electron chi connectivity index (χ4n) is 2.24. The number of ether oxygens (including phenoxy) is 3. The van der Waals surface area contributed by atoms with Crippen molar-refractivity contribution < 1.29 is 23.5 Å². The minimum atomic E-state index is -0.451. The Hall–Kier alpha value is -3.28. The SMILES string of the molecule is COc1ccc(-c2cc(COC(=O)c3cccc(OC)c3)no2)cc1. The molecule has 0 N–H and O–H groups in total. The molecule has 0 bridgehead atoms. The Morgan fingerprint density at radius 3 is 2.48 bits per heavy atom. The van der Waals surface area contributed by atoms with Crippen LogP contribution < -0.4 is 9.47 Å². The molecule has 3 rings (SSSR count). The van der Waals surface area contributed by atoms with E-state index in [0.717, 1.165) is 11.3 Å². The summed E-state index contributed by atoms with van der Waals surface area (Å²) in [5.74, 6) is 1.50. The maximum Gasteiger partial charge on any atom is 0.338 e. The Morgan fingerprint density at radius 2 is 1.76 bits per heavy atom. The number of nitrogens with zero attached hydrogens (tertiary/aromatic N) is 1. The Balaban J connectivity index is 1.63. The van der Waals surface area contributed by atoms with Crippen LogP contribution in [0.15, 0.2) is 59.1 Å². The smallest absolute Gasteiger partial charge is 0.338 e. The minimum Gasteiger partial charge on any atom is -0.497 e. The molecule has 0 radical (unpaired) electrons. The number of carbonyl (C=O) groups is 1. The predicted octanol–water partition coefficient (Wildman–Crippen LogP) is 3.72. The third-order valence-electron chi connectivity index (χ3n) is 3.59. The highest BCUT2D eigenvalue weighted by atomic mass is 16.5.